The van der Waals surface area contributed by atoms with E-state index in [1.165, 1.54) is 0 Å². The third kappa shape index (κ3) is 4.60. The van der Waals surface area contributed by atoms with Gasteiger partial charge in [0.1, 0.15) is 5.60 Å². The van der Waals surface area contributed by atoms with E-state index < -0.39 is 5.60 Å². The molecule has 1 rings (SSSR count). The van der Waals surface area contributed by atoms with Gasteiger partial charge in [0.15, 0.2) is 0 Å². The standard InChI is InChI=1S/C11H21N3O3/c1-11(2,3)17-10(16)14-5-4-8(7-14)6-9(15)13-12/h8H,4-7,12H2,1-3H3,(H,13,15). The van der Waals surface area contributed by atoms with Crippen LogP contribution in [0.5, 0.6) is 0 Å². The topological polar surface area (TPSA) is 84.7 Å². The minimum Gasteiger partial charge on any atom is -0.444 e. The number of carbonyl (C=O) groups is 2. The van der Waals surface area contributed by atoms with Gasteiger partial charge in [0, 0.05) is 19.5 Å². The van der Waals surface area contributed by atoms with Crippen LogP contribution >= 0.6 is 0 Å². The molecule has 0 radical (unpaired) electrons. The monoisotopic (exact) mass is 243 g/mol. The Morgan fingerprint density at radius 3 is 2.65 bits per heavy atom. The third-order valence-electron chi connectivity index (χ3n) is 2.57. The molecule has 17 heavy (non-hydrogen) atoms. The summed E-state index contributed by atoms with van der Waals surface area (Å²) in [4.78, 5) is 24.5. The van der Waals surface area contributed by atoms with Crippen LogP contribution in [0, 0.1) is 5.92 Å². The van der Waals surface area contributed by atoms with Crippen molar-refractivity contribution in [3.8, 4) is 0 Å². The molecular weight excluding hydrogens is 222 g/mol. The number of likely N-dealkylation sites (tertiary alicyclic amines) is 1. The number of hydrogen-bond acceptors (Lipinski definition) is 4. The van der Waals surface area contributed by atoms with Crippen LogP contribution in [0.2, 0.25) is 0 Å². The minimum absolute atomic E-state index is 0.172. The molecule has 1 aliphatic heterocycles. The number of nitrogens with one attached hydrogen (secondary N) is 1. The molecule has 0 aromatic rings. The van der Waals surface area contributed by atoms with Crippen molar-refractivity contribution in [3.63, 3.8) is 0 Å². The van der Waals surface area contributed by atoms with Gasteiger partial charge in [-0.15, -0.1) is 0 Å². The van der Waals surface area contributed by atoms with Gasteiger partial charge in [0.25, 0.3) is 0 Å². The summed E-state index contributed by atoms with van der Waals surface area (Å²) >= 11 is 0. The Balaban J connectivity index is 2.39. The van der Waals surface area contributed by atoms with E-state index in [2.05, 4.69) is 5.43 Å². The second-order valence-corrected chi connectivity index (χ2v) is 5.35. The molecule has 1 unspecified atom stereocenters. The number of rotatable bonds is 2. The summed E-state index contributed by atoms with van der Waals surface area (Å²) in [5.41, 5.74) is 1.62. The fourth-order valence-electron chi connectivity index (χ4n) is 1.81. The van der Waals surface area contributed by atoms with E-state index in [9.17, 15) is 9.59 Å². The van der Waals surface area contributed by atoms with Gasteiger partial charge in [-0.1, -0.05) is 0 Å². The number of carbonyl (C=O) groups excluding carboxylic acids is 2. The zero-order valence-electron chi connectivity index (χ0n) is 10.7. The van der Waals surface area contributed by atoms with Crippen molar-refractivity contribution >= 4 is 12.0 Å². The van der Waals surface area contributed by atoms with Crippen molar-refractivity contribution < 1.29 is 14.3 Å². The predicted molar refractivity (Wildman–Crippen MR) is 62.9 cm³/mol. The lowest BCUT2D eigenvalue weighted by Gasteiger charge is -2.24. The van der Waals surface area contributed by atoms with Gasteiger partial charge in [-0.2, -0.15) is 0 Å². The SMILES string of the molecule is CC(C)(C)OC(=O)N1CCC(CC(=O)NN)C1. The first-order valence-corrected chi connectivity index (χ1v) is 5.79. The first-order valence-electron chi connectivity index (χ1n) is 5.79. The predicted octanol–water partition coefficient (Wildman–Crippen LogP) is 0.623. The molecule has 1 heterocycles. The Bertz CT molecular complexity index is 299. The molecule has 98 valence electrons. The molecule has 0 spiro atoms. The Kier molecular flexibility index (Phi) is 4.34. The first-order chi connectivity index (χ1) is 7.81. The van der Waals surface area contributed by atoms with Crippen LogP contribution in [-0.2, 0) is 9.53 Å². The summed E-state index contributed by atoms with van der Waals surface area (Å²) in [6.07, 6.45) is 0.857. The van der Waals surface area contributed by atoms with Crippen LogP contribution in [0.1, 0.15) is 33.6 Å². The Morgan fingerprint density at radius 2 is 2.12 bits per heavy atom. The Labute approximate surface area is 101 Å². The highest BCUT2D eigenvalue weighted by atomic mass is 16.6. The largest absolute Gasteiger partial charge is 0.444 e. The Morgan fingerprint density at radius 1 is 1.47 bits per heavy atom. The van der Waals surface area contributed by atoms with Gasteiger partial charge in [0.05, 0.1) is 0 Å². The molecule has 6 nitrogen and oxygen atoms in total. The highest BCUT2D eigenvalue weighted by molar-refractivity contribution is 5.75. The molecule has 0 bridgehead atoms. The molecule has 0 aliphatic carbocycles. The molecule has 1 atom stereocenters. The van der Waals surface area contributed by atoms with Crippen molar-refractivity contribution in [2.45, 2.75) is 39.2 Å². The highest BCUT2D eigenvalue weighted by Gasteiger charge is 2.30. The van der Waals surface area contributed by atoms with E-state index in [0.29, 0.717) is 19.5 Å². The van der Waals surface area contributed by atoms with E-state index in [-0.39, 0.29) is 17.9 Å². The normalized spacial score (nSPS) is 20.2. The molecule has 0 aromatic heterocycles. The lowest BCUT2D eigenvalue weighted by Crippen LogP contribution is -2.36. The quantitative estimate of drug-likeness (QED) is 0.423. The molecule has 0 aromatic carbocycles. The van der Waals surface area contributed by atoms with Gasteiger partial charge in [-0.3, -0.25) is 10.2 Å². The summed E-state index contributed by atoms with van der Waals surface area (Å²) in [7, 11) is 0. The number of hydrazine groups is 1. The molecule has 3 N–H and O–H groups in total. The van der Waals surface area contributed by atoms with Gasteiger partial charge in [0.2, 0.25) is 5.91 Å². The Hall–Kier alpha value is -1.30. The number of amides is 2. The molecule has 1 aliphatic rings. The fraction of sp³-hybridized carbons (Fsp3) is 0.818. The molecule has 0 saturated carbocycles. The van der Waals surface area contributed by atoms with Crippen molar-refractivity contribution in [1.29, 1.82) is 0 Å². The maximum atomic E-state index is 11.7. The minimum atomic E-state index is -0.482. The van der Waals surface area contributed by atoms with E-state index in [4.69, 9.17) is 10.6 Å². The number of ether oxygens (including phenoxy) is 1. The van der Waals surface area contributed by atoms with E-state index in [1.54, 1.807) is 4.90 Å². The first kappa shape index (κ1) is 13.8. The maximum Gasteiger partial charge on any atom is 0.410 e. The number of nitrogens with zero attached hydrogens (tertiary/aromatic N) is 1. The average Bonchev–Trinajstić information content (AvgIpc) is 2.63. The zero-order chi connectivity index (χ0) is 13.1. The highest BCUT2D eigenvalue weighted by Crippen LogP contribution is 2.21. The van der Waals surface area contributed by atoms with Crippen molar-refractivity contribution in [2.24, 2.45) is 11.8 Å². The smallest absolute Gasteiger partial charge is 0.410 e. The molecular formula is C11H21N3O3. The summed E-state index contributed by atoms with van der Waals surface area (Å²) < 4.78 is 5.26. The maximum absolute atomic E-state index is 11.7. The molecule has 1 saturated heterocycles. The van der Waals surface area contributed by atoms with Gasteiger partial charge < -0.3 is 9.64 Å². The van der Waals surface area contributed by atoms with Crippen LogP contribution in [0.15, 0.2) is 0 Å². The van der Waals surface area contributed by atoms with Crippen LogP contribution in [0.3, 0.4) is 0 Å². The van der Waals surface area contributed by atoms with Gasteiger partial charge in [-0.25, -0.2) is 10.6 Å². The van der Waals surface area contributed by atoms with Crippen molar-refractivity contribution in [2.75, 3.05) is 13.1 Å². The summed E-state index contributed by atoms with van der Waals surface area (Å²) in [5, 5.41) is 0. The van der Waals surface area contributed by atoms with E-state index >= 15 is 0 Å². The summed E-state index contributed by atoms with van der Waals surface area (Å²) in [6, 6.07) is 0. The molecule has 1 fully saturated rings. The molecule has 2 amide bonds. The zero-order valence-corrected chi connectivity index (χ0v) is 10.7. The number of nitrogens with two attached hydrogens (primary N) is 1. The van der Waals surface area contributed by atoms with Crippen LogP contribution in [0.4, 0.5) is 4.79 Å². The fourth-order valence-corrected chi connectivity index (χ4v) is 1.81. The van der Waals surface area contributed by atoms with E-state index in [1.807, 2.05) is 20.8 Å². The third-order valence-corrected chi connectivity index (χ3v) is 2.57. The van der Waals surface area contributed by atoms with Crippen molar-refractivity contribution in [3.05, 3.63) is 0 Å². The van der Waals surface area contributed by atoms with Gasteiger partial charge in [-0.05, 0) is 33.1 Å². The van der Waals surface area contributed by atoms with Crippen LogP contribution in [-0.4, -0.2) is 35.6 Å². The summed E-state index contributed by atoms with van der Waals surface area (Å²) in [6.45, 7) is 6.70. The molecule has 6 heteroatoms. The van der Waals surface area contributed by atoms with Crippen molar-refractivity contribution in [1.82, 2.24) is 10.3 Å². The van der Waals surface area contributed by atoms with E-state index in [0.717, 1.165) is 6.42 Å². The average molecular weight is 243 g/mol. The lowest BCUT2D eigenvalue weighted by molar-refractivity contribution is -0.122. The lowest BCUT2D eigenvalue weighted by atomic mass is 10.1. The summed E-state index contributed by atoms with van der Waals surface area (Å²) in [5.74, 6) is 5.00. The second-order valence-electron chi connectivity index (χ2n) is 5.35. The van der Waals surface area contributed by atoms with Crippen LogP contribution < -0.4 is 11.3 Å². The second kappa shape index (κ2) is 5.35. The van der Waals surface area contributed by atoms with Crippen LogP contribution in [0.25, 0.3) is 0 Å². The number of hydrogen-bond donors (Lipinski definition) is 2. The van der Waals surface area contributed by atoms with Gasteiger partial charge >= 0.3 is 6.09 Å².